The zero-order valence-electron chi connectivity index (χ0n) is 9.43. The predicted molar refractivity (Wildman–Crippen MR) is 74.7 cm³/mol. The SMILES string of the molecule is NNc1ccc(Cl)c(CSc2ccccc2O)n1. The number of phenolic OH excluding ortho intramolecular Hbond substituents is 1. The number of hydrazine groups is 1. The summed E-state index contributed by atoms with van der Waals surface area (Å²) in [6.07, 6.45) is 0. The Kier molecular flexibility index (Phi) is 4.30. The summed E-state index contributed by atoms with van der Waals surface area (Å²) in [6.45, 7) is 0. The Bertz CT molecular complexity index is 551. The van der Waals surface area contributed by atoms with Crippen LogP contribution in [0.5, 0.6) is 5.75 Å². The molecule has 0 spiro atoms. The van der Waals surface area contributed by atoms with E-state index in [4.69, 9.17) is 17.4 Å². The topological polar surface area (TPSA) is 71.2 Å². The number of benzene rings is 1. The molecule has 0 atom stereocenters. The normalized spacial score (nSPS) is 10.3. The van der Waals surface area contributed by atoms with Gasteiger partial charge in [-0.05, 0) is 24.3 Å². The number of para-hydroxylation sites is 1. The Morgan fingerprint density at radius 3 is 2.78 bits per heavy atom. The first kappa shape index (κ1) is 13.0. The third kappa shape index (κ3) is 3.07. The third-order valence-corrected chi connectivity index (χ3v) is 3.71. The first-order chi connectivity index (χ1) is 8.70. The number of nitrogens with one attached hydrogen (secondary N) is 1. The molecule has 4 nitrogen and oxygen atoms in total. The minimum absolute atomic E-state index is 0.256. The number of hydrogen-bond acceptors (Lipinski definition) is 5. The van der Waals surface area contributed by atoms with Crippen molar-refractivity contribution < 1.29 is 5.11 Å². The van der Waals surface area contributed by atoms with Crippen molar-refractivity contribution in [2.75, 3.05) is 5.43 Å². The molecule has 0 aliphatic carbocycles. The van der Waals surface area contributed by atoms with Crippen molar-refractivity contribution >= 4 is 29.2 Å². The maximum absolute atomic E-state index is 9.65. The molecule has 2 aromatic rings. The van der Waals surface area contributed by atoms with Crippen molar-refractivity contribution in [3.05, 3.63) is 47.1 Å². The van der Waals surface area contributed by atoms with Gasteiger partial charge in [-0.2, -0.15) is 0 Å². The second-order valence-corrected chi connectivity index (χ2v) is 4.95. The highest BCUT2D eigenvalue weighted by Crippen LogP contribution is 2.31. The van der Waals surface area contributed by atoms with Crippen molar-refractivity contribution in [1.82, 2.24) is 4.98 Å². The van der Waals surface area contributed by atoms with Crippen molar-refractivity contribution in [1.29, 1.82) is 0 Å². The van der Waals surface area contributed by atoms with Gasteiger partial charge in [-0.25, -0.2) is 10.8 Å². The first-order valence-corrected chi connectivity index (χ1v) is 6.60. The zero-order valence-corrected chi connectivity index (χ0v) is 11.0. The predicted octanol–water partition coefficient (Wildman–Crippen LogP) is 3.02. The van der Waals surface area contributed by atoms with Crippen LogP contribution in [0.4, 0.5) is 5.82 Å². The lowest BCUT2D eigenvalue weighted by atomic mass is 10.3. The summed E-state index contributed by atoms with van der Waals surface area (Å²) in [7, 11) is 0. The molecule has 0 bridgehead atoms. The van der Waals surface area contributed by atoms with E-state index in [0.29, 0.717) is 16.6 Å². The number of hydrogen-bond donors (Lipinski definition) is 3. The Morgan fingerprint density at radius 2 is 2.06 bits per heavy atom. The summed E-state index contributed by atoms with van der Waals surface area (Å²) in [5, 5.41) is 10.2. The van der Waals surface area contributed by atoms with Crippen LogP contribution in [0, 0.1) is 0 Å². The van der Waals surface area contributed by atoms with Crippen LogP contribution in [0.3, 0.4) is 0 Å². The lowest BCUT2D eigenvalue weighted by Gasteiger charge is -2.07. The fraction of sp³-hybridized carbons (Fsp3) is 0.0833. The first-order valence-electron chi connectivity index (χ1n) is 5.23. The van der Waals surface area contributed by atoms with Crippen LogP contribution in [0.15, 0.2) is 41.3 Å². The second kappa shape index (κ2) is 5.95. The number of nitrogen functional groups attached to an aromatic ring is 1. The molecule has 4 N–H and O–H groups in total. The molecule has 0 amide bonds. The average Bonchev–Trinajstić information content (AvgIpc) is 2.39. The van der Waals surface area contributed by atoms with Gasteiger partial charge in [0.05, 0.1) is 10.7 Å². The minimum atomic E-state index is 0.256. The Balaban J connectivity index is 2.13. The molecular weight excluding hydrogens is 270 g/mol. The highest BCUT2D eigenvalue weighted by Gasteiger charge is 2.06. The van der Waals surface area contributed by atoms with E-state index in [2.05, 4.69) is 10.4 Å². The quantitative estimate of drug-likeness (QED) is 0.456. The number of nitrogens with two attached hydrogens (primary N) is 1. The van der Waals surface area contributed by atoms with Gasteiger partial charge in [0.25, 0.3) is 0 Å². The van der Waals surface area contributed by atoms with Crippen molar-refractivity contribution in [2.45, 2.75) is 10.6 Å². The van der Waals surface area contributed by atoms with Crippen LogP contribution in [-0.4, -0.2) is 10.1 Å². The van der Waals surface area contributed by atoms with E-state index < -0.39 is 0 Å². The molecule has 6 heteroatoms. The van der Waals surface area contributed by atoms with Gasteiger partial charge in [0.15, 0.2) is 0 Å². The van der Waals surface area contributed by atoms with Gasteiger partial charge < -0.3 is 10.5 Å². The lowest BCUT2D eigenvalue weighted by molar-refractivity contribution is 0.462. The summed E-state index contributed by atoms with van der Waals surface area (Å²) in [4.78, 5) is 5.06. The van der Waals surface area contributed by atoms with Gasteiger partial charge in [0.1, 0.15) is 11.6 Å². The third-order valence-electron chi connectivity index (χ3n) is 2.30. The molecule has 18 heavy (non-hydrogen) atoms. The van der Waals surface area contributed by atoms with Gasteiger partial charge in [0, 0.05) is 10.6 Å². The molecule has 0 aliphatic heterocycles. The Hall–Kier alpha value is -1.43. The number of thioether (sulfide) groups is 1. The molecule has 1 heterocycles. The number of aromatic hydroxyl groups is 1. The molecule has 2 rings (SSSR count). The van der Waals surface area contributed by atoms with Crippen LogP contribution < -0.4 is 11.3 Å². The van der Waals surface area contributed by atoms with Crippen molar-refractivity contribution in [3.63, 3.8) is 0 Å². The van der Waals surface area contributed by atoms with E-state index in [9.17, 15) is 5.11 Å². The lowest BCUT2D eigenvalue weighted by Crippen LogP contribution is -2.09. The molecule has 0 unspecified atom stereocenters. The van der Waals surface area contributed by atoms with E-state index in [1.54, 1.807) is 24.3 Å². The molecular formula is C12H12ClN3OS. The number of halogens is 1. The van der Waals surface area contributed by atoms with Crippen LogP contribution in [-0.2, 0) is 5.75 Å². The fourth-order valence-electron chi connectivity index (χ4n) is 1.39. The van der Waals surface area contributed by atoms with E-state index in [-0.39, 0.29) is 5.75 Å². The standard InChI is InChI=1S/C12H12ClN3OS/c13-8-5-6-12(16-14)15-9(8)7-18-11-4-2-1-3-10(11)17/h1-6,17H,7,14H2,(H,15,16). The highest BCUT2D eigenvalue weighted by molar-refractivity contribution is 7.98. The van der Waals surface area contributed by atoms with E-state index >= 15 is 0 Å². The van der Waals surface area contributed by atoms with Crippen molar-refractivity contribution in [3.8, 4) is 5.75 Å². The molecule has 1 aromatic carbocycles. The van der Waals surface area contributed by atoms with Gasteiger partial charge in [-0.15, -0.1) is 11.8 Å². The maximum Gasteiger partial charge on any atom is 0.140 e. The number of anilines is 1. The summed E-state index contributed by atoms with van der Waals surface area (Å²) < 4.78 is 0. The summed E-state index contributed by atoms with van der Waals surface area (Å²) in [5.41, 5.74) is 3.20. The number of aromatic nitrogens is 1. The zero-order chi connectivity index (χ0) is 13.0. The summed E-state index contributed by atoms with van der Waals surface area (Å²) in [6, 6.07) is 10.6. The maximum atomic E-state index is 9.65. The number of nitrogens with zero attached hydrogens (tertiary/aromatic N) is 1. The highest BCUT2D eigenvalue weighted by atomic mass is 35.5. The van der Waals surface area contributed by atoms with Gasteiger partial charge in [-0.1, -0.05) is 23.7 Å². The Morgan fingerprint density at radius 1 is 1.28 bits per heavy atom. The van der Waals surface area contributed by atoms with E-state index in [1.165, 1.54) is 11.8 Å². The van der Waals surface area contributed by atoms with E-state index in [0.717, 1.165) is 10.6 Å². The second-order valence-electron chi connectivity index (χ2n) is 3.53. The monoisotopic (exact) mass is 281 g/mol. The van der Waals surface area contributed by atoms with Crippen molar-refractivity contribution in [2.24, 2.45) is 5.84 Å². The van der Waals surface area contributed by atoms with Gasteiger partial charge in [0.2, 0.25) is 0 Å². The Labute approximate surface area is 114 Å². The summed E-state index contributed by atoms with van der Waals surface area (Å²) >= 11 is 7.52. The number of rotatable bonds is 4. The van der Waals surface area contributed by atoms with Crippen LogP contribution in [0.1, 0.15) is 5.69 Å². The fourth-order valence-corrected chi connectivity index (χ4v) is 2.55. The molecule has 0 saturated heterocycles. The van der Waals surface area contributed by atoms with Gasteiger partial charge in [-0.3, -0.25) is 0 Å². The van der Waals surface area contributed by atoms with Crippen LogP contribution >= 0.6 is 23.4 Å². The van der Waals surface area contributed by atoms with Gasteiger partial charge >= 0.3 is 0 Å². The molecule has 94 valence electrons. The smallest absolute Gasteiger partial charge is 0.140 e. The molecule has 1 aromatic heterocycles. The number of pyridine rings is 1. The van der Waals surface area contributed by atoms with Crippen LogP contribution in [0.2, 0.25) is 5.02 Å². The molecule has 0 fully saturated rings. The van der Waals surface area contributed by atoms with Crippen LogP contribution in [0.25, 0.3) is 0 Å². The number of phenols is 1. The molecule has 0 aliphatic rings. The minimum Gasteiger partial charge on any atom is -0.507 e. The molecule has 0 radical (unpaired) electrons. The van der Waals surface area contributed by atoms with E-state index in [1.807, 2.05) is 12.1 Å². The average molecular weight is 282 g/mol. The summed E-state index contributed by atoms with van der Waals surface area (Å²) in [5.74, 6) is 6.68. The molecule has 0 saturated carbocycles. The largest absolute Gasteiger partial charge is 0.507 e.